The van der Waals surface area contributed by atoms with E-state index in [2.05, 4.69) is 9.98 Å². The Bertz CT molecular complexity index is 413. The molecule has 6 N–H and O–H groups in total. The van der Waals surface area contributed by atoms with Crippen molar-refractivity contribution in [1.29, 1.82) is 0 Å². The SMILES string of the molecule is CC(CC(N)=O)SCc1csc(N=C(N)N)n1. The Morgan fingerprint density at radius 1 is 1.59 bits per heavy atom. The Kier molecular flexibility index (Phi) is 5.23. The molecule has 0 fully saturated rings. The van der Waals surface area contributed by atoms with E-state index in [1.807, 2.05) is 12.3 Å². The summed E-state index contributed by atoms with van der Waals surface area (Å²) in [7, 11) is 0. The first kappa shape index (κ1) is 13.8. The molecule has 6 nitrogen and oxygen atoms in total. The number of carbonyl (C=O) groups excluding carboxylic acids is 1. The predicted octanol–water partition coefficient (Wildman–Crippen LogP) is 0.545. The molecule has 1 aromatic heterocycles. The second kappa shape index (κ2) is 6.45. The maximum absolute atomic E-state index is 10.7. The minimum Gasteiger partial charge on any atom is -0.370 e. The third kappa shape index (κ3) is 5.55. The third-order valence-electron chi connectivity index (χ3n) is 1.77. The van der Waals surface area contributed by atoms with Gasteiger partial charge in [0.1, 0.15) is 0 Å². The fourth-order valence-electron chi connectivity index (χ4n) is 1.09. The molecular formula is C9H15N5OS2. The lowest BCUT2D eigenvalue weighted by Gasteiger charge is -2.06. The van der Waals surface area contributed by atoms with Crippen molar-refractivity contribution in [2.45, 2.75) is 24.3 Å². The second-order valence-electron chi connectivity index (χ2n) is 3.45. The van der Waals surface area contributed by atoms with Gasteiger partial charge in [0.2, 0.25) is 11.0 Å². The minimum atomic E-state index is -0.288. The zero-order chi connectivity index (χ0) is 12.8. The van der Waals surface area contributed by atoms with Gasteiger partial charge in [0, 0.05) is 22.8 Å². The van der Waals surface area contributed by atoms with E-state index in [-0.39, 0.29) is 17.1 Å². The zero-order valence-corrected chi connectivity index (χ0v) is 11.1. The van der Waals surface area contributed by atoms with Crippen molar-refractivity contribution in [2.75, 3.05) is 0 Å². The molecule has 0 saturated heterocycles. The first-order valence-electron chi connectivity index (χ1n) is 4.91. The second-order valence-corrected chi connectivity index (χ2v) is 5.71. The number of nitrogens with zero attached hydrogens (tertiary/aromatic N) is 2. The van der Waals surface area contributed by atoms with Crippen LogP contribution in [-0.4, -0.2) is 22.1 Å². The Labute approximate surface area is 108 Å². The molecule has 0 aliphatic rings. The van der Waals surface area contributed by atoms with Gasteiger partial charge < -0.3 is 17.2 Å². The van der Waals surface area contributed by atoms with E-state index in [0.717, 1.165) is 5.69 Å². The lowest BCUT2D eigenvalue weighted by Crippen LogP contribution is -2.21. The van der Waals surface area contributed by atoms with E-state index < -0.39 is 0 Å². The van der Waals surface area contributed by atoms with Crippen LogP contribution in [-0.2, 0) is 10.5 Å². The van der Waals surface area contributed by atoms with Gasteiger partial charge in [-0.05, 0) is 0 Å². The minimum absolute atomic E-state index is 0.000601. The van der Waals surface area contributed by atoms with E-state index in [4.69, 9.17) is 17.2 Å². The summed E-state index contributed by atoms with van der Waals surface area (Å²) in [6.45, 7) is 1.96. The van der Waals surface area contributed by atoms with Gasteiger partial charge in [-0.1, -0.05) is 6.92 Å². The standard InChI is InChI=1S/C9H15N5OS2/c1-5(2-7(10)15)16-3-6-4-17-9(13-6)14-8(11)12/h4-5H,2-3H2,1H3,(H2,10,15)(H4,11,12,13,14). The number of thioether (sulfide) groups is 1. The number of carbonyl (C=O) groups is 1. The molecule has 0 spiro atoms. The Hall–Kier alpha value is -1.28. The van der Waals surface area contributed by atoms with Gasteiger partial charge in [0.15, 0.2) is 5.96 Å². The molecule has 0 aliphatic heterocycles. The van der Waals surface area contributed by atoms with Crippen molar-refractivity contribution in [3.63, 3.8) is 0 Å². The number of guanidine groups is 1. The highest BCUT2D eigenvalue weighted by Gasteiger charge is 2.08. The topological polar surface area (TPSA) is 120 Å². The van der Waals surface area contributed by atoms with Crippen LogP contribution in [0.15, 0.2) is 10.4 Å². The van der Waals surface area contributed by atoms with Crippen LogP contribution in [0.3, 0.4) is 0 Å². The average molecular weight is 273 g/mol. The molecule has 1 aromatic rings. The van der Waals surface area contributed by atoms with Crippen molar-refractivity contribution in [3.05, 3.63) is 11.1 Å². The number of aromatic nitrogens is 1. The largest absolute Gasteiger partial charge is 0.370 e. The molecule has 1 atom stereocenters. The lowest BCUT2D eigenvalue weighted by molar-refractivity contribution is -0.117. The Morgan fingerprint density at radius 2 is 2.29 bits per heavy atom. The molecular weight excluding hydrogens is 258 g/mol. The Balaban J connectivity index is 2.44. The lowest BCUT2D eigenvalue weighted by atomic mass is 10.3. The maximum atomic E-state index is 10.7. The van der Waals surface area contributed by atoms with E-state index in [1.54, 1.807) is 11.8 Å². The average Bonchev–Trinajstić information content (AvgIpc) is 2.60. The van der Waals surface area contributed by atoms with Crippen LogP contribution >= 0.6 is 23.1 Å². The molecule has 17 heavy (non-hydrogen) atoms. The van der Waals surface area contributed by atoms with Gasteiger partial charge in [-0.2, -0.15) is 16.8 Å². The predicted molar refractivity (Wildman–Crippen MR) is 72.2 cm³/mol. The monoisotopic (exact) mass is 273 g/mol. The molecule has 1 amide bonds. The molecule has 0 aliphatic carbocycles. The van der Waals surface area contributed by atoms with E-state index in [9.17, 15) is 4.79 Å². The normalized spacial score (nSPS) is 12.1. The highest BCUT2D eigenvalue weighted by Crippen LogP contribution is 2.24. The number of hydrogen-bond acceptors (Lipinski definition) is 5. The van der Waals surface area contributed by atoms with Gasteiger partial charge in [-0.25, -0.2) is 4.98 Å². The molecule has 8 heteroatoms. The van der Waals surface area contributed by atoms with Gasteiger partial charge in [-0.15, -0.1) is 11.3 Å². The first-order chi connectivity index (χ1) is 7.97. The molecule has 0 aromatic carbocycles. The summed E-state index contributed by atoms with van der Waals surface area (Å²) in [6, 6.07) is 0. The van der Waals surface area contributed by atoms with Crippen LogP contribution in [0.1, 0.15) is 19.0 Å². The first-order valence-corrected chi connectivity index (χ1v) is 6.84. The number of primary amides is 1. The molecule has 0 radical (unpaired) electrons. The summed E-state index contributed by atoms with van der Waals surface area (Å²) < 4.78 is 0. The van der Waals surface area contributed by atoms with Crippen LogP contribution < -0.4 is 17.2 Å². The smallest absolute Gasteiger partial charge is 0.218 e. The van der Waals surface area contributed by atoms with Crippen molar-refractivity contribution in [3.8, 4) is 0 Å². The van der Waals surface area contributed by atoms with Crippen molar-refractivity contribution in [2.24, 2.45) is 22.2 Å². The summed E-state index contributed by atoms with van der Waals surface area (Å²) in [5.41, 5.74) is 16.5. The number of aliphatic imine (C=N–C) groups is 1. The molecule has 1 unspecified atom stereocenters. The van der Waals surface area contributed by atoms with Gasteiger partial charge in [0.25, 0.3) is 0 Å². The van der Waals surface area contributed by atoms with Crippen LogP contribution in [0.25, 0.3) is 0 Å². The summed E-state index contributed by atoms with van der Waals surface area (Å²) in [5.74, 6) is 0.426. The van der Waals surface area contributed by atoms with Gasteiger partial charge >= 0.3 is 0 Å². The summed E-state index contributed by atoms with van der Waals surface area (Å²) in [6.07, 6.45) is 0.371. The molecule has 1 rings (SSSR count). The van der Waals surface area contributed by atoms with Crippen LogP contribution in [0.4, 0.5) is 5.13 Å². The fraction of sp³-hybridized carbons (Fsp3) is 0.444. The van der Waals surface area contributed by atoms with Crippen LogP contribution in [0.5, 0.6) is 0 Å². The van der Waals surface area contributed by atoms with Crippen LogP contribution in [0, 0.1) is 0 Å². The highest BCUT2D eigenvalue weighted by atomic mass is 32.2. The summed E-state index contributed by atoms with van der Waals surface area (Å²) in [4.78, 5) is 18.8. The third-order valence-corrected chi connectivity index (χ3v) is 3.75. The number of thiazole rings is 1. The van der Waals surface area contributed by atoms with Crippen LogP contribution in [0.2, 0.25) is 0 Å². The van der Waals surface area contributed by atoms with Crippen molar-refractivity contribution in [1.82, 2.24) is 4.98 Å². The Morgan fingerprint density at radius 3 is 2.88 bits per heavy atom. The molecule has 0 bridgehead atoms. The molecule has 0 saturated carbocycles. The maximum Gasteiger partial charge on any atom is 0.218 e. The zero-order valence-electron chi connectivity index (χ0n) is 9.42. The quantitative estimate of drug-likeness (QED) is 0.516. The number of amides is 1. The summed E-state index contributed by atoms with van der Waals surface area (Å²) >= 11 is 3.00. The number of rotatable bonds is 6. The van der Waals surface area contributed by atoms with E-state index in [0.29, 0.717) is 17.3 Å². The highest BCUT2D eigenvalue weighted by molar-refractivity contribution is 7.99. The number of hydrogen-bond donors (Lipinski definition) is 3. The van der Waals surface area contributed by atoms with Crippen molar-refractivity contribution >= 4 is 40.1 Å². The summed E-state index contributed by atoms with van der Waals surface area (Å²) in [5, 5.41) is 2.62. The fourth-order valence-corrected chi connectivity index (χ4v) is 2.79. The molecule has 1 heterocycles. The van der Waals surface area contributed by atoms with E-state index >= 15 is 0 Å². The van der Waals surface area contributed by atoms with Gasteiger partial charge in [-0.3, -0.25) is 4.79 Å². The van der Waals surface area contributed by atoms with Gasteiger partial charge in [0.05, 0.1) is 5.69 Å². The molecule has 94 valence electrons. The van der Waals surface area contributed by atoms with E-state index in [1.165, 1.54) is 11.3 Å². The number of nitrogens with two attached hydrogens (primary N) is 3. The van der Waals surface area contributed by atoms with Crippen molar-refractivity contribution < 1.29 is 4.79 Å².